The topological polar surface area (TPSA) is 76.0 Å². The number of hydrogen-bond acceptors (Lipinski definition) is 6. The molecule has 3 rings (SSSR count). The summed E-state index contributed by atoms with van der Waals surface area (Å²) in [6, 6.07) is 8.43. The smallest absolute Gasteiger partial charge is 0.348 e. The largest absolute Gasteiger partial charge is 0.493 e. The summed E-state index contributed by atoms with van der Waals surface area (Å²) in [4.78, 5) is 13.3. The van der Waals surface area contributed by atoms with Gasteiger partial charge in [0.15, 0.2) is 0 Å². The molecule has 2 aromatic rings. The molecule has 1 fully saturated rings. The first kappa shape index (κ1) is 24.3. The van der Waals surface area contributed by atoms with Gasteiger partial charge in [-0.1, -0.05) is 23.2 Å². The van der Waals surface area contributed by atoms with Crippen molar-refractivity contribution in [2.24, 2.45) is 11.8 Å². The van der Waals surface area contributed by atoms with E-state index < -0.39 is 18.2 Å². The molecule has 0 amide bonds. The average Bonchev–Trinajstić information content (AvgIpc) is 3.28. The second kappa shape index (κ2) is 11.5. The normalized spacial score (nSPS) is 23.1. The number of halogens is 3. The molecule has 1 aliphatic carbocycles. The van der Waals surface area contributed by atoms with Crippen molar-refractivity contribution in [3.05, 3.63) is 50.1 Å². The first-order valence-corrected chi connectivity index (χ1v) is 11.7. The summed E-state index contributed by atoms with van der Waals surface area (Å²) in [6.45, 7) is -0.0571. The van der Waals surface area contributed by atoms with E-state index in [4.69, 9.17) is 37.8 Å². The van der Waals surface area contributed by atoms with Crippen LogP contribution >= 0.6 is 34.5 Å². The third-order valence-electron chi connectivity index (χ3n) is 5.40. The minimum atomic E-state index is -1.08. The van der Waals surface area contributed by atoms with Gasteiger partial charge in [0.1, 0.15) is 23.4 Å². The highest BCUT2D eigenvalue weighted by atomic mass is 35.5. The first-order valence-electron chi connectivity index (χ1n) is 10.1. The molecule has 5 nitrogen and oxygen atoms in total. The SMILES string of the molecule is O=C(OCCO)c1ccc(CCC[C@@H]2[C@@H](COc3cc(Cl)cc(Cl)c3)[C@H](O)C[C@H]2F)s1. The molecule has 2 N–H and O–H groups in total. The fourth-order valence-electron chi connectivity index (χ4n) is 3.91. The molecule has 0 radical (unpaired) electrons. The molecule has 0 bridgehead atoms. The Balaban J connectivity index is 1.52. The summed E-state index contributed by atoms with van der Waals surface area (Å²) in [5.74, 6) is -0.588. The summed E-state index contributed by atoms with van der Waals surface area (Å²) in [5, 5.41) is 20.0. The van der Waals surface area contributed by atoms with E-state index in [1.807, 2.05) is 6.07 Å². The predicted octanol–water partition coefficient (Wildman–Crippen LogP) is 4.94. The zero-order valence-corrected chi connectivity index (χ0v) is 19.1. The number of ether oxygens (including phenoxy) is 2. The highest BCUT2D eigenvalue weighted by molar-refractivity contribution is 7.13. The van der Waals surface area contributed by atoms with E-state index in [-0.39, 0.29) is 38.1 Å². The number of thiophene rings is 1. The van der Waals surface area contributed by atoms with Crippen molar-refractivity contribution < 1.29 is 28.9 Å². The third kappa shape index (κ3) is 6.80. The molecular formula is C22H25Cl2FO5S. The van der Waals surface area contributed by atoms with E-state index in [0.717, 1.165) is 11.3 Å². The second-order valence-corrected chi connectivity index (χ2v) is 9.62. The number of alkyl halides is 1. The number of aliphatic hydroxyl groups excluding tert-OH is 2. The van der Waals surface area contributed by atoms with Gasteiger partial charge in [0.25, 0.3) is 0 Å². The number of benzene rings is 1. The van der Waals surface area contributed by atoms with E-state index in [9.17, 15) is 14.3 Å². The van der Waals surface area contributed by atoms with Crippen LogP contribution in [-0.2, 0) is 11.2 Å². The zero-order valence-electron chi connectivity index (χ0n) is 16.8. The molecule has 1 aromatic heterocycles. The van der Waals surface area contributed by atoms with Crippen LogP contribution in [0, 0.1) is 11.8 Å². The Kier molecular flexibility index (Phi) is 8.98. The summed E-state index contributed by atoms with van der Waals surface area (Å²) in [6.07, 6.45) is 0.292. The van der Waals surface area contributed by atoms with Crippen molar-refractivity contribution in [2.75, 3.05) is 19.8 Å². The maximum Gasteiger partial charge on any atom is 0.348 e. The van der Waals surface area contributed by atoms with Crippen molar-refractivity contribution in [1.29, 1.82) is 0 Å². The highest BCUT2D eigenvalue weighted by Gasteiger charge is 2.42. The Labute approximate surface area is 194 Å². The number of hydrogen-bond donors (Lipinski definition) is 2. The van der Waals surface area contributed by atoms with E-state index in [2.05, 4.69) is 0 Å². The number of rotatable bonds is 10. The lowest BCUT2D eigenvalue weighted by atomic mass is 9.90. The lowest BCUT2D eigenvalue weighted by Gasteiger charge is -2.23. The van der Waals surface area contributed by atoms with Crippen LogP contribution in [0.2, 0.25) is 10.0 Å². The average molecular weight is 491 g/mol. The molecule has 1 heterocycles. The molecule has 0 saturated heterocycles. The first-order chi connectivity index (χ1) is 14.9. The van der Waals surface area contributed by atoms with Crippen LogP contribution in [0.3, 0.4) is 0 Å². The Hall–Kier alpha value is -1.38. The Morgan fingerprint density at radius 3 is 2.65 bits per heavy atom. The highest BCUT2D eigenvalue weighted by Crippen LogP contribution is 2.39. The lowest BCUT2D eigenvalue weighted by molar-refractivity contribution is 0.0439. The van der Waals surface area contributed by atoms with E-state index in [1.165, 1.54) is 11.3 Å². The number of aryl methyl sites for hydroxylation is 1. The second-order valence-electron chi connectivity index (χ2n) is 7.58. The Bertz CT molecular complexity index is 857. The Morgan fingerprint density at radius 1 is 1.19 bits per heavy atom. The van der Waals surface area contributed by atoms with Gasteiger partial charge in [-0.3, -0.25) is 0 Å². The zero-order chi connectivity index (χ0) is 22.4. The summed E-state index contributed by atoms with van der Waals surface area (Å²) < 4.78 is 25.2. The van der Waals surface area contributed by atoms with Crippen LogP contribution in [0.25, 0.3) is 0 Å². The van der Waals surface area contributed by atoms with Crippen LogP contribution in [0.15, 0.2) is 30.3 Å². The van der Waals surface area contributed by atoms with Gasteiger partial charge in [-0.15, -0.1) is 11.3 Å². The monoisotopic (exact) mass is 490 g/mol. The van der Waals surface area contributed by atoms with Crippen LogP contribution in [-0.4, -0.2) is 48.3 Å². The van der Waals surface area contributed by atoms with Gasteiger partial charge in [-0.25, -0.2) is 9.18 Å². The molecule has 1 aromatic carbocycles. The number of esters is 1. The molecule has 31 heavy (non-hydrogen) atoms. The Morgan fingerprint density at radius 2 is 1.94 bits per heavy atom. The fraction of sp³-hybridized carbons (Fsp3) is 0.500. The maximum atomic E-state index is 14.6. The predicted molar refractivity (Wildman–Crippen MR) is 119 cm³/mol. The molecule has 0 spiro atoms. The summed E-state index contributed by atoms with van der Waals surface area (Å²) in [7, 11) is 0. The van der Waals surface area contributed by atoms with Gasteiger partial charge in [-0.2, -0.15) is 0 Å². The standard InChI is InChI=1S/C22H25Cl2FO5S/c23-13-8-14(24)10-15(9-13)30-12-18-17(19(25)11-20(18)27)3-1-2-16-4-5-21(31-16)22(28)29-7-6-26/h4-5,8-10,17-20,26-27H,1-3,6-7,11-12H2/t17-,18-,19-,20-/m1/s1. The minimum Gasteiger partial charge on any atom is -0.493 e. The maximum absolute atomic E-state index is 14.6. The van der Waals surface area contributed by atoms with Crippen molar-refractivity contribution >= 4 is 40.5 Å². The fourth-order valence-corrected chi connectivity index (χ4v) is 5.36. The number of carbonyl (C=O) groups excluding carboxylic acids is 1. The van der Waals surface area contributed by atoms with Crippen molar-refractivity contribution in [3.8, 4) is 5.75 Å². The van der Waals surface area contributed by atoms with Crippen molar-refractivity contribution in [2.45, 2.75) is 38.0 Å². The summed E-state index contributed by atoms with van der Waals surface area (Å²) >= 11 is 13.3. The number of aliphatic hydroxyl groups is 2. The molecule has 4 atom stereocenters. The molecule has 9 heteroatoms. The van der Waals surface area contributed by atoms with Gasteiger partial charge in [-0.05, 0) is 55.5 Å². The van der Waals surface area contributed by atoms with Gasteiger partial charge in [0.2, 0.25) is 0 Å². The van der Waals surface area contributed by atoms with E-state index >= 15 is 0 Å². The minimum absolute atomic E-state index is 0.0290. The van der Waals surface area contributed by atoms with Gasteiger partial charge in [0.05, 0.1) is 19.3 Å². The van der Waals surface area contributed by atoms with Gasteiger partial charge in [0, 0.05) is 27.3 Å². The van der Waals surface area contributed by atoms with Gasteiger partial charge >= 0.3 is 5.97 Å². The van der Waals surface area contributed by atoms with Crippen LogP contribution < -0.4 is 4.74 Å². The third-order valence-corrected chi connectivity index (χ3v) is 6.96. The van der Waals surface area contributed by atoms with E-state index in [0.29, 0.717) is 33.5 Å². The molecule has 0 aliphatic heterocycles. The number of carbonyl (C=O) groups is 1. The van der Waals surface area contributed by atoms with Crippen LogP contribution in [0.5, 0.6) is 5.75 Å². The van der Waals surface area contributed by atoms with Gasteiger partial charge < -0.3 is 19.7 Å². The molecule has 0 unspecified atom stereocenters. The summed E-state index contributed by atoms with van der Waals surface area (Å²) in [5.41, 5.74) is 0. The van der Waals surface area contributed by atoms with Crippen molar-refractivity contribution in [3.63, 3.8) is 0 Å². The van der Waals surface area contributed by atoms with Crippen molar-refractivity contribution in [1.82, 2.24) is 0 Å². The molecule has 1 aliphatic rings. The molecule has 170 valence electrons. The quantitative estimate of drug-likeness (QED) is 0.461. The lowest BCUT2D eigenvalue weighted by Crippen LogP contribution is -2.27. The van der Waals surface area contributed by atoms with E-state index in [1.54, 1.807) is 24.3 Å². The molecule has 1 saturated carbocycles. The van der Waals surface area contributed by atoms with Crippen LogP contribution in [0.4, 0.5) is 4.39 Å². The van der Waals surface area contributed by atoms with Crippen LogP contribution in [0.1, 0.15) is 33.8 Å². The molecular weight excluding hydrogens is 466 g/mol.